The number of hydrogen-bond donors (Lipinski definition) is 1. The first-order chi connectivity index (χ1) is 10.0. The number of aromatic nitrogens is 1. The standard InChI is InChI=1S/C16H18F2N2O/c1-10(14-8-12(17)5-7-16(14)21-3)20-11(2)15-6-4-13(18)9-19-15/h4-11,20H,1-3H3. The molecule has 0 aliphatic carbocycles. The van der Waals surface area contributed by atoms with Crippen LogP contribution in [0.1, 0.15) is 37.2 Å². The van der Waals surface area contributed by atoms with Gasteiger partial charge in [0.2, 0.25) is 0 Å². The predicted molar refractivity (Wildman–Crippen MR) is 77.1 cm³/mol. The van der Waals surface area contributed by atoms with Crippen LogP contribution < -0.4 is 10.1 Å². The van der Waals surface area contributed by atoms with Gasteiger partial charge in [-0.15, -0.1) is 0 Å². The first-order valence-electron chi connectivity index (χ1n) is 6.72. The van der Waals surface area contributed by atoms with Crippen molar-refractivity contribution in [3.8, 4) is 5.75 Å². The SMILES string of the molecule is COc1ccc(F)cc1C(C)NC(C)c1ccc(F)cn1. The van der Waals surface area contributed by atoms with Crippen LogP contribution in [0.3, 0.4) is 0 Å². The fraction of sp³-hybridized carbons (Fsp3) is 0.312. The molecule has 0 saturated carbocycles. The predicted octanol–water partition coefficient (Wildman–Crippen LogP) is 3.78. The summed E-state index contributed by atoms with van der Waals surface area (Å²) >= 11 is 0. The summed E-state index contributed by atoms with van der Waals surface area (Å²) in [6.45, 7) is 3.83. The number of methoxy groups -OCH3 is 1. The van der Waals surface area contributed by atoms with Gasteiger partial charge in [0.25, 0.3) is 0 Å². The Kier molecular flexibility index (Phi) is 4.85. The van der Waals surface area contributed by atoms with Crippen LogP contribution in [0.2, 0.25) is 0 Å². The zero-order chi connectivity index (χ0) is 15.4. The minimum Gasteiger partial charge on any atom is -0.496 e. The van der Waals surface area contributed by atoms with E-state index in [1.54, 1.807) is 19.2 Å². The molecule has 0 fully saturated rings. The Morgan fingerprint density at radius 3 is 2.38 bits per heavy atom. The average Bonchev–Trinajstić information content (AvgIpc) is 2.47. The minimum absolute atomic E-state index is 0.103. The fourth-order valence-corrected chi connectivity index (χ4v) is 2.24. The molecule has 21 heavy (non-hydrogen) atoms. The Labute approximate surface area is 123 Å². The van der Waals surface area contributed by atoms with E-state index < -0.39 is 0 Å². The van der Waals surface area contributed by atoms with Crippen molar-refractivity contribution in [2.75, 3.05) is 7.11 Å². The maximum Gasteiger partial charge on any atom is 0.141 e. The van der Waals surface area contributed by atoms with Crippen molar-refractivity contribution < 1.29 is 13.5 Å². The quantitative estimate of drug-likeness (QED) is 0.910. The van der Waals surface area contributed by atoms with Crippen molar-refractivity contribution in [2.24, 2.45) is 0 Å². The Hall–Kier alpha value is -2.01. The number of nitrogens with one attached hydrogen (secondary N) is 1. The van der Waals surface area contributed by atoms with E-state index in [4.69, 9.17) is 4.74 Å². The minimum atomic E-state index is -0.370. The number of nitrogens with zero attached hydrogens (tertiary/aromatic N) is 1. The molecule has 1 N–H and O–H groups in total. The largest absolute Gasteiger partial charge is 0.496 e. The summed E-state index contributed by atoms with van der Waals surface area (Å²) in [6.07, 6.45) is 1.18. The van der Waals surface area contributed by atoms with E-state index in [9.17, 15) is 8.78 Å². The van der Waals surface area contributed by atoms with E-state index in [0.717, 1.165) is 11.3 Å². The molecule has 0 amide bonds. The highest BCUT2D eigenvalue weighted by Crippen LogP contribution is 2.27. The second-order valence-corrected chi connectivity index (χ2v) is 4.90. The average molecular weight is 292 g/mol. The second kappa shape index (κ2) is 6.63. The number of hydrogen-bond acceptors (Lipinski definition) is 3. The lowest BCUT2D eigenvalue weighted by Gasteiger charge is -2.21. The van der Waals surface area contributed by atoms with Gasteiger partial charge in [-0.2, -0.15) is 0 Å². The molecule has 2 unspecified atom stereocenters. The van der Waals surface area contributed by atoms with Gasteiger partial charge >= 0.3 is 0 Å². The molecule has 0 aliphatic heterocycles. The lowest BCUT2D eigenvalue weighted by Crippen LogP contribution is -2.23. The van der Waals surface area contributed by atoms with Gasteiger partial charge in [-0.3, -0.25) is 4.98 Å². The molecule has 2 aromatic rings. The monoisotopic (exact) mass is 292 g/mol. The molecule has 1 aromatic carbocycles. The number of rotatable bonds is 5. The number of ether oxygens (including phenoxy) is 1. The molecule has 5 heteroatoms. The van der Waals surface area contributed by atoms with E-state index in [1.165, 1.54) is 24.4 Å². The molecular formula is C16H18F2N2O. The smallest absolute Gasteiger partial charge is 0.141 e. The van der Waals surface area contributed by atoms with Crippen molar-refractivity contribution in [3.63, 3.8) is 0 Å². The molecule has 2 rings (SSSR count). The fourth-order valence-electron chi connectivity index (χ4n) is 2.24. The highest BCUT2D eigenvalue weighted by molar-refractivity contribution is 5.36. The van der Waals surface area contributed by atoms with Crippen LogP contribution in [0.15, 0.2) is 36.5 Å². The van der Waals surface area contributed by atoms with Crippen LogP contribution in [0.5, 0.6) is 5.75 Å². The molecule has 0 bridgehead atoms. The number of halogens is 2. The molecule has 112 valence electrons. The van der Waals surface area contributed by atoms with Crippen molar-refractivity contribution in [3.05, 3.63) is 59.4 Å². The summed E-state index contributed by atoms with van der Waals surface area (Å²) in [5.41, 5.74) is 1.45. The third-order valence-corrected chi connectivity index (χ3v) is 3.35. The van der Waals surface area contributed by atoms with Gasteiger partial charge in [-0.05, 0) is 44.2 Å². The van der Waals surface area contributed by atoms with Gasteiger partial charge in [-0.25, -0.2) is 8.78 Å². The summed E-state index contributed by atoms with van der Waals surface area (Å²) in [5, 5.41) is 3.30. The summed E-state index contributed by atoms with van der Waals surface area (Å²) in [6, 6.07) is 7.16. The first-order valence-corrected chi connectivity index (χ1v) is 6.72. The molecule has 0 aliphatic rings. The Morgan fingerprint density at radius 2 is 1.76 bits per heavy atom. The molecule has 1 aromatic heterocycles. The first kappa shape index (κ1) is 15.4. The third-order valence-electron chi connectivity index (χ3n) is 3.35. The van der Waals surface area contributed by atoms with Crippen LogP contribution >= 0.6 is 0 Å². The third kappa shape index (κ3) is 3.76. The summed E-state index contributed by atoms with van der Waals surface area (Å²) in [7, 11) is 1.55. The zero-order valence-corrected chi connectivity index (χ0v) is 12.2. The molecule has 0 saturated heterocycles. The Bertz CT molecular complexity index is 602. The van der Waals surface area contributed by atoms with Crippen LogP contribution in [-0.2, 0) is 0 Å². The lowest BCUT2D eigenvalue weighted by atomic mass is 10.1. The Morgan fingerprint density at radius 1 is 1.05 bits per heavy atom. The van der Waals surface area contributed by atoms with Gasteiger partial charge in [-0.1, -0.05) is 0 Å². The highest BCUT2D eigenvalue weighted by Gasteiger charge is 2.16. The van der Waals surface area contributed by atoms with E-state index in [0.29, 0.717) is 5.75 Å². The van der Waals surface area contributed by atoms with Gasteiger partial charge in [0, 0.05) is 17.6 Å². The molecule has 0 radical (unpaired) electrons. The molecule has 0 spiro atoms. The van der Waals surface area contributed by atoms with E-state index in [2.05, 4.69) is 10.3 Å². The molecule has 3 nitrogen and oxygen atoms in total. The van der Waals surface area contributed by atoms with Crippen LogP contribution in [0.4, 0.5) is 8.78 Å². The van der Waals surface area contributed by atoms with E-state index in [-0.39, 0.29) is 23.7 Å². The van der Waals surface area contributed by atoms with Gasteiger partial charge < -0.3 is 10.1 Å². The zero-order valence-electron chi connectivity index (χ0n) is 12.2. The van der Waals surface area contributed by atoms with Gasteiger partial charge in [0.05, 0.1) is 19.0 Å². The summed E-state index contributed by atoms with van der Waals surface area (Å²) in [5.74, 6) is -0.0616. The topological polar surface area (TPSA) is 34.1 Å². The summed E-state index contributed by atoms with van der Waals surface area (Å²) < 4.78 is 31.5. The molecule has 1 heterocycles. The van der Waals surface area contributed by atoms with Crippen molar-refractivity contribution in [1.29, 1.82) is 0 Å². The second-order valence-electron chi connectivity index (χ2n) is 4.90. The van der Waals surface area contributed by atoms with Gasteiger partial charge in [0.1, 0.15) is 17.4 Å². The molecule has 2 atom stereocenters. The normalized spacial score (nSPS) is 13.8. The highest BCUT2D eigenvalue weighted by atomic mass is 19.1. The maximum absolute atomic E-state index is 13.4. The van der Waals surface area contributed by atoms with E-state index >= 15 is 0 Å². The van der Waals surface area contributed by atoms with Crippen LogP contribution in [0, 0.1) is 11.6 Å². The van der Waals surface area contributed by atoms with Crippen molar-refractivity contribution in [1.82, 2.24) is 10.3 Å². The van der Waals surface area contributed by atoms with Crippen LogP contribution in [0.25, 0.3) is 0 Å². The lowest BCUT2D eigenvalue weighted by molar-refractivity contribution is 0.394. The van der Waals surface area contributed by atoms with Crippen LogP contribution in [-0.4, -0.2) is 12.1 Å². The van der Waals surface area contributed by atoms with E-state index in [1.807, 2.05) is 13.8 Å². The van der Waals surface area contributed by atoms with Crippen molar-refractivity contribution in [2.45, 2.75) is 25.9 Å². The Balaban J connectivity index is 2.15. The number of benzene rings is 1. The molecular weight excluding hydrogens is 274 g/mol. The maximum atomic E-state index is 13.4. The van der Waals surface area contributed by atoms with Crippen molar-refractivity contribution >= 4 is 0 Å². The number of pyridine rings is 1. The van der Waals surface area contributed by atoms with Gasteiger partial charge in [0.15, 0.2) is 0 Å². The summed E-state index contributed by atoms with van der Waals surface area (Å²) in [4.78, 5) is 4.04.